The molecule has 0 spiro atoms. The summed E-state index contributed by atoms with van der Waals surface area (Å²) in [6.45, 7) is 0.270. The quantitative estimate of drug-likeness (QED) is 0.359. The van der Waals surface area contributed by atoms with E-state index < -0.39 is 11.6 Å². The van der Waals surface area contributed by atoms with Crippen molar-refractivity contribution in [3.8, 4) is 0 Å². The van der Waals surface area contributed by atoms with Crippen LogP contribution in [0.4, 0.5) is 13.9 Å². The van der Waals surface area contributed by atoms with Gasteiger partial charge in [0.15, 0.2) is 10.9 Å². The molecule has 0 N–H and O–H groups in total. The summed E-state index contributed by atoms with van der Waals surface area (Å²) in [5.41, 5.74) is 1.52. The summed E-state index contributed by atoms with van der Waals surface area (Å²) < 4.78 is 28.2. The SMILES string of the molecule is CSc1ccccc1C(=O)N(Cc1ccccc1)c1nc2c(F)cc(F)cc2s1. The van der Waals surface area contributed by atoms with E-state index in [0.717, 1.165) is 27.9 Å². The first-order valence-electron chi connectivity index (χ1n) is 8.81. The van der Waals surface area contributed by atoms with Gasteiger partial charge in [0, 0.05) is 11.0 Å². The number of fused-ring (bicyclic) bond motifs is 1. The van der Waals surface area contributed by atoms with Crippen molar-refractivity contribution in [3.63, 3.8) is 0 Å². The van der Waals surface area contributed by atoms with Crippen LogP contribution < -0.4 is 4.90 Å². The number of thiazole rings is 1. The predicted octanol–water partition coefficient (Wildman–Crippen LogP) is 6.14. The van der Waals surface area contributed by atoms with Gasteiger partial charge in [0.25, 0.3) is 5.91 Å². The summed E-state index contributed by atoms with van der Waals surface area (Å²) in [6, 6.07) is 18.9. The van der Waals surface area contributed by atoms with E-state index in [4.69, 9.17) is 0 Å². The van der Waals surface area contributed by atoms with Gasteiger partial charge in [0.2, 0.25) is 0 Å². The van der Waals surface area contributed by atoms with E-state index in [9.17, 15) is 13.6 Å². The van der Waals surface area contributed by atoms with Gasteiger partial charge in [0.1, 0.15) is 11.3 Å². The molecule has 0 saturated heterocycles. The maximum Gasteiger partial charge on any atom is 0.261 e. The largest absolute Gasteiger partial charge is 0.279 e. The first-order valence-corrected chi connectivity index (χ1v) is 10.9. The van der Waals surface area contributed by atoms with Gasteiger partial charge < -0.3 is 0 Å². The van der Waals surface area contributed by atoms with Crippen LogP contribution in [0, 0.1) is 11.6 Å². The molecule has 4 aromatic rings. The standard InChI is InChI=1S/C22H16F2N2OS2/c1-28-18-10-6-5-9-16(18)21(27)26(13-14-7-3-2-4-8-14)22-25-20-17(24)11-15(23)12-19(20)29-22/h2-12H,13H2,1H3. The fourth-order valence-electron chi connectivity index (χ4n) is 3.02. The Balaban J connectivity index is 1.82. The molecule has 0 unspecified atom stereocenters. The van der Waals surface area contributed by atoms with Crippen LogP contribution >= 0.6 is 23.1 Å². The number of benzene rings is 3. The number of aromatic nitrogens is 1. The van der Waals surface area contributed by atoms with Crippen LogP contribution in [0.3, 0.4) is 0 Å². The molecular formula is C22H16F2N2OS2. The molecule has 0 radical (unpaired) electrons. The van der Waals surface area contributed by atoms with E-state index in [-0.39, 0.29) is 18.0 Å². The second kappa shape index (κ2) is 8.31. The molecule has 1 aromatic heterocycles. The molecule has 0 atom stereocenters. The first-order chi connectivity index (χ1) is 14.1. The van der Waals surface area contributed by atoms with Crippen molar-refractivity contribution >= 4 is 44.4 Å². The summed E-state index contributed by atoms with van der Waals surface area (Å²) >= 11 is 2.57. The van der Waals surface area contributed by atoms with E-state index in [0.29, 0.717) is 15.4 Å². The Kier molecular flexibility index (Phi) is 5.60. The van der Waals surface area contributed by atoms with Gasteiger partial charge in [-0.25, -0.2) is 13.8 Å². The Morgan fingerprint density at radius 1 is 1.07 bits per heavy atom. The van der Waals surface area contributed by atoms with Gasteiger partial charge in [-0.15, -0.1) is 11.8 Å². The lowest BCUT2D eigenvalue weighted by Gasteiger charge is -2.21. The molecule has 0 aliphatic rings. The third-order valence-corrected chi connectivity index (χ3v) is 6.22. The molecule has 3 nitrogen and oxygen atoms in total. The highest BCUT2D eigenvalue weighted by Gasteiger charge is 2.24. The van der Waals surface area contributed by atoms with Crippen LogP contribution in [0.2, 0.25) is 0 Å². The van der Waals surface area contributed by atoms with E-state index in [1.54, 1.807) is 12.1 Å². The number of halogens is 2. The smallest absolute Gasteiger partial charge is 0.261 e. The molecular weight excluding hydrogens is 410 g/mol. The Morgan fingerprint density at radius 2 is 1.79 bits per heavy atom. The average Bonchev–Trinajstić information content (AvgIpc) is 3.16. The van der Waals surface area contributed by atoms with Crippen molar-refractivity contribution in [1.29, 1.82) is 0 Å². The van der Waals surface area contributed by atoms with E-state index >= 15 is 0 Å². The zero-order valence-corrected chi connectivity index (χ0v) is 17.1. The number of nitrogens with zero attached hydrogens (tertiary/aromatic N) is 2. The number of hydrogen-bond donors (Lipinski definition) is 0. The predicted molar refractivity (Wildman–Crippen MR) is 115 cm³/mol. The van der Waals surface area contributed by atoms with Crippen molar-refractivity contribution in [2.24, 2.45) is 0 Å². The first kappa shape index (κ1) is 19.5. The zero-order valence-electron chi connectivity index (χ0n) is 15.4. The van der Waals surface area contributed by atoms with Crippen LogP contribution in [0.25, 0.3) is 10.2 Å². The van der Waals surface area contributed by atoms with Crippen molar-refractivity contribution in [3.05, 3.63) is 89.5 Å². The average molecular weight is 427 g/mol. The fraction of sp³-hybridized carbons (Fsp3) is 0.0909. The number of hydrogen-bond acceptors (Lipinski definition) is 4. The van der Waals surface area contributed by atoms with Crippen LogP contribution in [0.15, 0.2) is 71.6 Å². The molecule has 7 heteroatoms. The van der Waals surface area contributed by atoms with Gasteiger partial charge in [-0.05, 0) is 30.0 Å². The highest BCUT2D eigenvalue weighted by Crippen LogP contribution is 2.33. The number of thioether (sulfide) groups is 1. The van der Waals surface area contributed by atoms with E-state index in [2.05, 4.69) is 4.98 Å². The summed E-state index contributed by atoms with van der Waals surface area (Å²) in [5, 5.41) is 0.328. The lowest BCUT2D eigenvalue weighted by atomic mass is 10.1. The minimum atomic E-state index is -0.737. The summed E-state index contributed by atoms with van der Waals surface area (Å²) in [6.07, 6.45) is 1.91. The topological polar surface area (TPSA) is 33.2 Å². The van der Waals surface area contributed by atoms with Crippen molar-refractivity contribution < 1.29 is 13.6 Å². The molecule has 0 aliphatic carbocycles. The zero-order chi connectivity index (χ0) is 20.4. The lowest BCUT2D eigenvalue weighted by molar-refractivity contribution is 0.0982. The number of amides is 1. The van der Waals surface area contributed by atoms with Gasteiger partial charge in [-0.2, -0.15) is 0 Å². The highest BCUT2D eigenvalue weighted by atomic mass is 32.2. The molecule has 1 heterocycles. The second-order valence-corrected chi connectivity index (χ2v) is 8.17. The normalized spacial score (nSPS) is 11.0. The number of carbonyl (C=O) groups is 1. The van der Waals surface area contributed by atoms with Crippen LogP contribution in [-0.4, -0.2) is 17.1 Å². The molecule has 0 aliphatic heterocycles. The van der Waals surface area contributed by atoms with Crippen molar-refractivity contribution in [2.75, 3.05) is 11.2 Å². The summed E-state index contributed by atoms with van der Waals surface area (Å²) in [7, 11) is 0. The number of anilines is 1. The third kappa shape index (κ3) is 4.02. The molecule has 4 rings (SSSR count). The van der Waals surface area contributed by atoms with Crippen LogP contribution in [-0.2, 0) is 6.54 Å². The molecule has 0 saturated carbocycles. The Bertz CT molecular complexity index is 1180. The molecule has 0 fully saturated rings. The number of carbonyl (C=O) groups excluding carboxylic acids is 1. The summed E-state index contributed by atoms with van der Waals surface area (Å²) in [4.78, 5) is 20.2. The maximum atomic E-state index is 14.2. The van der Waals surface area contributed by atoms with Crippen molar-refractivity contribution in [2.45, 2.75) is 11.4 Å². The minimum absolute atomic E-state index is 0.0652. The molecule has 3 aromatic carbocycles. The van der Waals surface area contributed by atoms with Gasteiger partial charge in [-0.1, -0.05) is 53.8 Å². The molecule has 29 heavy (non-hydrogen) atoms. The maximum absolute atomic E-state index is 14.2. The van der Waals surface area contributed by atoms with E-state index in [1.165, 1.54) is 22.7 Å². The highest BCUT2D eigenvalue weighted by molar-refractivity contribution is 7.98. The summed E-state index contributed by atoms with van der Waals surface area (Å²) in [5.74, 6) is -1.64. The lowest BCUT2D eigenvalue weighted by Crippen LogP contribution is -2.30. The van der Waals surface area contributed by atoms with E-state index in [1.807, 2.05) is 48.7 Å². The molecule has 1 amide bonds. The third-order valence-electron chi connectivity index (χ3n) is 4.40. The van der Waals surface area contributed by atoms with Crippen molar-refractivity contribution in [1.82, 2.24) is 4.98 Å². The fourth-order valence-corrected chi connectivity index (χ4v) is 4.61. The monoisotopic (exact) mass is 426 g/mol. The van der Waals surface area contributed by atoms with Crippen LogP contribution in [0.1, 0.15) is 15.9 Å². The van der Waals surface area contributed by atoms with Gasteiger partial charge in [0.05, 0.1) is 16.8 Å². The second-order valence-electron chi connectivity index (χ2n) is 6.31. The number of rotatable bonds is 5. The minimum Gasteiger partial charge on any atom is -0.279 e. The molecule has 146 valence electrons. The molecule has 0 bridgehead atoms. The Hall–Kier alpha value is -2.77. The van der Waals surface area contributed by atoms with Gasteiger partial charge in [-0.3, -0.25) is 9.69 Å². The van der Waals surface area contributed by atoms with Gasteiger partial charge >= 0.3 is 0 Å². The Morgan fingerprint density at radius 3 is 2.55 bits per heavy atom. The Labute approximate surface area is 175 Å². The van der Waals surface area contributed by atoms with Crippen LogP contribution in [0.5, 0.6) is 0 Å².